The van der Waals surface area contributed by atoms with Crippen LogP contribution in [0.2, 0.25) is 0 Å². The predicted molar refractivity (Wildman–Crippen MR) is 106 cm³/mol. The van der Waals surface area contributed by atoms with Crippen molar-refractivity contribution in [3.05, 3.63) is 56.3 Å². The predicted octanol–water partition coefficient (Wildman–Crippen LogP) is 2.77. The number of hydrogen-bond acceptors (Lipinski definition) is 6. The van der Waals surface area contributed by atoms with Gasteiger partial charge in [0.05, 0.1) is 5.56 Å². The fourth-order valence-electron chi connectivity index (χ4n) is 3.46. The average Bonchev–Trinajstić information content (AvgIpc) is 3.19. The third kappa shape index (κ3) is 3.38. The molecule has 1 aromatic carbocycles. The van der Waals surface area contributed by atoms with E-state index < -0.39 is 17.4 Å². The second-order valence-corrected chi connectivity index (χ2v) is 7.77. The summed E-state index contributed by atoms with van der Waals surface area (Å²) < 4.78 is 10.7. The molecule has 1 aliphatic carbocycles. The van der Waals surface area contributed by atoms with E-state index in [9.17, 15) is 14.4 Å². The molecule has 0 spiro atoms. The zero-order valence-corrected chi connectivity index (χ0v) is 16.0. The van der Waals surface area contributed by atoms with Gasteiger partial charge in [-0.15, -0.1) is 11.3 Å². The minimum atomic E-state index is -0.532. The summed E-state index contributed by atoms with van der Waals surface area (Å²) in [6.45, 7) is 1.57. The Kier molecular flexibility index (Phi) is 4.64. The standard InChI is InChI=1S/C20H18N2O5S/c1-10-7-17(24)27-14-8-11(5-6-12(10)14)26-9-16(23)22-20-18(19(21)25)13-3-2-4-15(13)28-20/h5-8H,2-4,9H2,1H3,(H2,21,25)(H,22,23). The normalized spacial score (nSPS) is 12.8. The molecule has 7 nitrogen and oxygen atoms in total. The molecule has 1 aliphatic rings. The monoisotopic (exact) mass is 398 g/mol. The first kappa shape index (κ1) is 18.2. The van der Waals surface area contributed by atoms with Gasteiger partial charge < -0.3 is 20.2 Å². The highest BCUT2D eigenvalue weighted by molar-refractivity contribution is 7.17. The van der Waals surface area contributed by atoms with Crippen LogP contribution in [0, 0.1) is 6.92 Å². The van der Waals surface area contributed by atoms with E-state index in [1.54, 1.807) is 18.2 Å². The molecule has 0 bridgehead atoms. The highest BCUT2D eigenvalue weighted by Crippen LogP contribution is 2.38. The third-order valence-electron chi connectivity index (χ3n) is 4.71. The topological polar surface area (TPSA) is 112 Å². The van der Waals surface area contributed by atoms with Crippen molar-refractivity contribution < 1.29 is 18.7 Å². The van der Waals surface area contributed by atoms with Gasteiger partial charge >= 0.3 is 5.63 Å². The number of nitrogens with two attached hydrogens (primary N) is 1. The molecule has 0 radical (unpaired) electrons. The van der Waals surface area contributed by atoms with Crippen LogP contribution in [-0.4, -0.2) is 18.4 Å². The van der Waals surface area contributed by atoms with E-state index in [1.165, 1.54) is 17.4 Å². The summed E-state index contributed by atoms with van der Waals surface area (Å²) in [6, 6.07) is 6.48. The molecule has 2 heterocycles. The summed E-state index contributed by atoms with van der Waals surface area (Å²) in [5, 5.41) is 4.01. The molecule has 8 heteroatoms. The van der Waals surface area contributed by atoms with Crippen LogP contribution in [0.4, 0.5) is 5.00 Å². The molecule has 0 saturated heterocycles. The molecular weight excluding hydrogens is 380 g/mol. The van der Waals surface area contributed by atoms with E-state index in [2.05, 4.69) is 5.32 Å². The van der Waals surface area contributed by atoms with Crippen LogP contribution in [0.15, 0.2) is 33.5 Å². The summed E-state index contributed by atoms with van der Waals surface area (Å²) in [4.78, 5) is 36.7. The van der Waals surface area contributed by atoms with Gasteiger partial charge in [0.15, 0.2) is 6.61 Å². The average molecular weight is 398 g/mol. The summed E-state index contributed by atoms with van der Waals surface area (Å²) in [7, 11) is 0. The minimum absolute atomic E-state index is 0.248. The van der Waals surface area contributed by atoms with Crippen LogP contribution < -0.4 is 21.4 Å². The summed E-state index contributed by atoms with van der Waals surface area (Å²) in [6.07, 6.45) is 2.70. The Bertz CT molecular complexity index is 1160. The number of anilines is 1. The summed E-state index contributed by atoms with van der Waals surface area (Å²) >= 11 is 1.39. The van der Waals surface area contributed by atoms with E-state index in [0.717, 1.165) is 40.7 Å². The lowest BCUT2D eigenvalue weighted by Crippen LogP contribution is -2.22. The molecule has 2 aromatic heterocycles. The van der Waals surface area contributed by atoms with Gasteiger partial charge in [0.25, 0.3) is 11.8 Å². The summed E-state index contributed by atoms with van der Waals surface area (Å²) in [5.74, 6) is -0.524. The number of carbonyl (C=O) groups is 2. The number of nitrogens with one attached hydrogen (secondary N) is 1. The van der Waals surface area contributed by atoms with Gasteiger partial charge in [-0.25, -0.2) is 4.79 Å². The Hall–Kier alpha value is -3.13. The SMILES string of the molecule is Cc1cc(=O)oc2cc(OCC(=O)Nc3sc4c(c3C(N)=O)CCC4)ccc12. The molecule has 0 unspecified atom stereocenters. The highest BCUT2D eigenvalue weighted by Gasteiger charge is 2.26. The maximum absolute atomic E-state index is 12.3. The second kappa shape index (κ2) is 7.12. The van der Waals surface area contributed by atoms with E-state index in [-0.39, 0.29) is 6.61 Å². The van der Waals surface area contributed by atoms with Crippen LogP contribution in [0.1, 0.15) is 32.8 Å². The smallest absolute Gasteiger partial charge is 0.336 e. The van der Waals surface area contributed by atoms with Crippen LogP contribution in [0.3, 0.4) is 0 Å². The van der Waals surface area contributed by atoms with Crippen molar-refractivity contribution in [2.45, 2.75) is 26.2 Å². The Morgan fingerprint density at radius 1 is 1.29 bits per heavy atom. The van der Waals surface area contributed by atoms with Gasteiger partial charge in [0, 0.05) is 22.4 Å². The van der Waals surface area contributed by atoms with Gasteiger partial charge in [-0.1, -0.05) is 0 Å². The molecule has 0 atom stereocenters. The minimum Gasteiger partial charge on any atom is -0.484 e. The molecule has 144 valence electrons. The first-order chi connectivity index (χ1) is 13.4. The molecule has 0 fully saturated rings. The number of fused-ring (bicyclic) bond motifs is 2. The number of amides is 2. The number of hydrogen-bond donors (Lipinski definition) is 2. The van der Waals surface area contributed by atoms with E-state index in [4.69, 9.17) is 14.9 Å². The van der Waals surface area contributed by atoms with Gasteiger partial charge in [0.1, 0.15) is 16.3 Å². The Labute approximate surface area is 164 Å². The molecule has 3 N–H and O–H groups in total. The van der Waals surface area contributed by atoms with Crippen molar-refractivity contribution in [3.63, 3.8) is 0 Å². The number of carbonyl (C=O) groups excluding carboxylic acids is 2. The first-order valence-electron chi connectivity index (χ1n) is 8.84. The molecule has 4 rings (SSSR count). The van der Waals surface area contributed by atoms with Crippen molar-refractivity contribution in [1.29, 1.82) is 0 Å². The largest absolute Gasteiger partial charge is 0.484 e. The zero-order valence-electron chi connectivity index (χ0n) is 15.2. The first-order valence-corrected chi connectivity index (χ1v) is 9.65. The van der Waals surface area contributed by atoms with Crippen molar-refractivity contribution in [2.24, 2.45) is 5.73 Å². The lowest BCUT2D eigenvalue weighted by Gasteiger charge is -2.09. The van der Waals surface area contributed by atoms with Crippen LogP contribution in [0.25, 0.3) is 11.0 Å². The van der Waals surface area contributed by atoms with Gasteiger partial charge in [-0.05, 0) is 49.4 Å². The van der Waals surface area contributed by atoms with Crippen molar-refractivity contribution in [1.82, 2.24) is 0 Å². The van der Waals surface area contributed by atoms with Gasteiger partial charge in [0.2, 0.25) is 0 Å². The molecule has 2 amide bonds. The van der Waals surface area contributed by atoms with E-state index in [0.29, 0.717) is 21.9 Å². The lowest BCUT2D eigenvalue weighted by atomic mass is 10.1. The fourth-order valence-corrected chi connectivity index (χ4v) is 4.77. The zero-order chi connectivity index (χ0) is 19.8. The molecule has 0 saturated carbocycles. The van der Waals surface area contributed by atoms with Crippen LogP contribution in [-0.2, 0) is 17.6 Å². The molecule has 3 aromatic rings. The Morgan fingerprint density at radius 3 is 2.89 bits per heavy atom. The van der Waals surface area contributed by atoms with E-state index >= 15 is 0 Å². The number of ether oxygens (including phenoxy) is 1. The summed E-state index contributed by atoms with van der Waals surface area (Å²) in [5.41, 5.74) is 7.63. The molecular formula is C20H18N2O5S. The number of aryl methyl sites for hydroxylation is 2. The van der Waals surface area contributed by atoms with Gasteiger partial charge in [-0.2, -0.15) is 0 Å². The maximum Gasteiger partial charge on any atom is 0.336 e. The lowest BCUT2D eigenvalue weighted by molar-refractivity contribution is -0.118. The van der Waals surface area contributed by atoms with Crippen molar-refractivity contribution >= 4 is 39.1 Å². The number of thiophene rings is 1. The van der Waals surface area contributed by atoms with Crippen LogP contribution >= 0.6 is 11.3 Å². The molecule has 0 aliphatic heterocycles. The number of rotatable bonds is 5. The number of benzene rings is 1. The highest BCUT2D eigenvalue weighted by atomic mass is 32.1. The van der Waals surface area contributed by atoms with Crippen LogP contribution in [0.5, 0.6) is 5.75 Å². The van der Waals surface area contributed by atoms with Crippen molar-refractivity contribution in [2.75, 3.05) is 11.9 Å². The quantitative estimate of drug-likeness (QED) is 0.642. The Balaban J connectivity index is 1.48. The van der Waals surface area contributed by atoms with Crippen molar-refractivity contribution in [3.8, 4) is 5.75 Å². The maximum atomic E-state index is 12.3. The molecule has 28 heavy (non-hydrogen) atoms. The fraction of sp³-hybridized carbons (Fsp3) is 0.250. The second-order valence-electron chi connectivity index (χ2n) is 6.67. The third-order valence-corrected chi connectivity index (χ3v) is 5.92. The van der Waals surface area contributed by atoms with E-state index in [1.807, 2.05) is 6.92 Å². The number of primary amides is 1. The Morgan fingerprint density at radius 2 is 2.11 bits per heavy atom. The van der Waals surface area contributed by atoms with Gasteiger partial charge in [-0.3, -0.25) is 9.59 Å².